The van der Waals surface area contributed by atoms with Gasteiger partial charge >= 0.3 is 0 Å². The normalized spacial score (nSPS) is 10.8. The van der Waals surface area contributed by atoms with E-state index in [1.54, 1.807) is 22.8 Å². The maximum Gasteiger partial charge on any atom is 0.0631 e. The fourth-order valence-electron chi connectivity index (χ4n) is 0.196. The molecule has 0 nitrogen and oxygen atoms in total. The summed E-state index contributed by atoms with van der Waals surface area (Å²) in [6.45, 7) is 0. The van der Waals surface area contributed by atoms with Gasteiger partial charge in [0.15, 0.2) is 0 Å². The Morgan fingerprint density at radius 3 is 2.80 bits per heavy atom. The molecule has 0 radical (unpaired) electrons. The summed E-state index contributed by atoms with van der Waals surface area (Å²) in [7, 11) is 0. The van der Waals surface area contributed by atoms with Gasteiger partial charge in [-0.25, -0.2) is 0 Å². The van der Waals surface area contributed by atoms with E-state index in [2.05, 4.69) is 0 Å². The molecule has 0 spiro atoms. The summed E-state index contributed by atoms with van der Waals surface area (Å²) in [5, 5.41) is 3.68. The van der Waals surface area contributed by atoms with Crippen LogP contribution in [-0.4, -0.2) is 0 Å². The monoisotopic (exact) mass is 85.0 g/mol. The number of thiophene rings is 1. The van der Waals surface area contributed by atoms with Gasteiger partial charge in [0.2, 0.25) is 0 Å². The molecule has 0 unspecified atom stereocenters. The minimum absolute atomic E-state index is 0.611. The van der Waals surface area contributed by atoms with Gasteiger partial charge in [-0.3, -0.25) is 0 Å². The molecule has 1 heteroatoms. The van der Waals surface area contributed by atoms with E-state index < -0.39 is 0 Å². The summed E-state index contributed by atoms with van der Waals surface area (Å²) < 4.78 is 6.89. The molecule has 0 aliphatic carbocycles. The predicted molar refractivity (Wildman–Crippen MR) is 24.3 cm³/mol. The lowest BCUT2D eigenvalue weighted by Gasteiger charge is -1.39. The smallest absolute Gasteiger partial charge is 0.0631 e. The van der Waals surface area contributed by atoms with Crippen molar-refractivity contribution in [2.24, 2.45) is 0 Å². The van der Waals surface area contributed by atoms with E-state index in [-0.39, 0.29) is 0 Å². The molecule has 1 heterocycles. The van der Waals surface area contributed by atoms with Crippen LogP contribution in [0, 0.1) is 0 Å². The first-order valence-corrected chi connectivity index (χ1v) is 2.32. The van der Waals surface area contributed by atoms with E-state index >= 15 is 0 Å². The molecule has 1 aromatic heterocycles. The van der Waals surface area contributed by atoms with E-state index in [1.165, 1.54) is 0 Å². The van der Waals surface area contributed by atoms with Crippen molar-refractivity contribution < 1.29 is 1.37 Å². The molecule has 0 aliphatic rings. The van der Waals surface area contributed by atoms with Gasteiger partial charge in [0.1, 0.15) is 0 Å². The number of hydrogen-bond acceptors (Lipinski definition) is 1. The van der Waals surface area contributed by atoms with Crippen LogP contribution in [0.4, 0.5) is 0 Å². The molecule has 0 saturated heterocycles. The van der Waals surface area contributed by atoms with Gasteiger partial charge in [0, 0.05) is 0 Å². The molecule has 0 saturated carbocycles. The Kier molecular flexibility index (Phi) is 0.484. The zero-order valence-electron chi connectivity index (χ0n) is 3.64. The van der Waals surface area contributed by atoms with Crippen LogP contribution >= 0.6 is 11.3 Å². The van der Waals surface area contributed by atoms with Crippen molar-refractivity contribution in [2.75, 3.05) is 0 Å². The van der Waals surface area contributed by atoms with Crippen LogP contribution in [-0.2, 0) is 0 Å². The van der Waals surface area contributed by atoms with Gasteiger partial charge in [0.05, 0.1) is 1.37 Å². The van der Waals surface area contributed by atoms with Crippen LogP contribution in [0.15, 0.2) is 22.9 Å². The Labute approximate surface area is 36.5 Å². The van der Waals surface area contributed by atoms with E-state index in [4.69, 9.17) is 1.37 Å². The lowest BCUT2D eigenvalue weighted by Crippen LogP contribution is -1.16. The third kappa shape index (κ3) is 0.484. The summed E-state index contributed by atoms with van der Waals surface area (Å²) in [6, 6.07) is 2.38. The SMILES string of the molecule is [2H]c1ccsc1. The van der Waals surface area contributed by atoms with E-state index in [1.807, 2.05) is 5.38 Å². The molecule has 1 aromatic rings. The molecule has 0 fully saturated rings. The number of rotatable bonds is 0. The topological polar surface area (TPSA) is 0 Å². The van der Waals surface area contributed by atoms with Crippen molar-refractivity contribution >= 4 is 11.3 Å². The molecule has 0 atom stereocenters. The van der Waals surface area contributed by atoms with Crippen LogP contribution < -0.4 is 0 Å². The Bertz CT molecular complexity index is 111. The summed E-state index contributed by atoms with van der Waals surface area (Å²) in [5.41, 5.74) is 0. The highest BCUT2D eigenvalue weighted by Gasteiger charge is 1.58. The fraction of sp³-hybridized carbons (Fsp3) is 0. The molecular formula is C4H4S. The predicted octanol–water partition coefficient (Wildman–Crippen LogP) is 1.75. The van der Waals surface area contributed by atoms with Gasteiger partial charge in [-0.2, -0.15) is 11.3 Å². The second kappa shape index (κ2) is 1.22. The summed E-state index contributed by atoms with van der Waals surface area (Å²) in [6.07, 6.45) is 0. The lowest BCUT2D eigenvalue weighted by molar-refractivity contribution is 2.03. The first-order chi connectivity index (χ1) is 2.89. The molecule has 0 amide bonds. The van der Waals surface area contributed by atoms with Crippen molar-refractivity contribution in [3.63, 3.8) is 0 Å². The van der Waals surface area contributed by atoms with E-state index in [0.29, 0.717) is 6.04 Å². The van der Waals surface area contributed by atoms with Crippen LogP contribution in [0.1, 0.15) is 1.37 Å². The fourth-order valence-corrected chi connectivity index (χ4v) is 0.589. The Balaban J connectivity index is 3.05. The number of hydrogen-bond donors (Lipinski definition) is 0. The maximum atomic E-state index is 6.89. The third-order valence-corrected chi connectivity index (χ3v) is 0.944. The van der Waals surface area contributed by atoms with E-state index in [0.717, 1.165) is 0 Å². The van der Waals surface area contributed by atoms with Crippen molar-refractivity contribution in [1.82, 2.24) is 0 Å². The molecule has 5 heavy (non-hydrogen) atoms. The van der Waals surface area contributed by atoms with Gasteiger partial charge in [-0.15, -0.1) is 0 Å². The first-order valence-electron chi connectivity index (χ1n) is 1.88. The van der Waals surface area contributed by atoms with Crippen molar-refractivity contribution in [1.29, 1.82) is 0 Å². The molecule has 0 aromatic carbocycles. The lowest BCUT2D eigenvalue weighted by atomic mass is 10.7. The van der Waals surface area contributed by atoms with Crippen molar-refractivity contribution in [3.05, 3.63) is 22.9 Å². The standard InChI is InChI=1S/C4H4S/c1-2-4-5-3-1/h1-4H/i1D. The largest absolute Gasteiger partial charge is 0.152 e. The molecule has 26 valence electrons. The average molecular weight is 85.1 g/mol. The summed E-state index contributed by atoms with van der Waals surface area (Å²) in [5.74, 6) is 0. The third-order valence-electron chi connectivity index (χ3n) is 0.379. The van der Waals surface area contributed by atoms with Crippen molar-refractivity contribution in [3.8, 4) is 0 Å². The Morgan fingerprint density at radius 2 is 2.60 bits per heavy atom. The van der Waals surface area contributed by atoms with Crippen LogP contribution in [0.25, 0.3) is 0 Å². The molecule has 0 bridgehead atoms. The second-order valence-corrected chi connectivity index (χ2v) is 1.50. The van der Waals surface area contributed by atoms with Crippen molar-refractivity contribution in [2.45, 2.75) is 0 Å². The second-order valence-electron chi connectivity index (χ2n) is 0.723. The highest BCUT2D eigenvalue weighted by molar-refractivity contribution is 7.07. The molecule has 0 aliphatic heterocycles. The Morgan fingerprint density at radius 1 is 1.60 bits per heavy atom. The van der Waals surface area contributed by atoms with Crippen LogP contribution in [0.3, 0.4) is 0 Å². The van der Waals surface area contributed by atoms with Gasteiger partial charge < -0.3 is 0 Å². The molecular weight excluding hydrogens is 80.1 g/mol. The van der Waals surface area contributed by atoms with Gasteiger partial charge in [0.25, 0.3) is 0 Å². The zero-order valence-corrected chi connectivity index (χ0v) is 3.46. The highest BCUT2D eigenvalue weighted by atomic mass is 32.1. The zero-order chi connectivity index (χ0) is 4.41. The van der Waals surface area contributed by atoms with Crippen LogP contribution in [0.5, 0.6) is 0 Å². The minimum atomic E-state index is 0.611. The Hall–Kier alpha value is -0.300. The highest BCUT2D eigenvalue weighted by Crippen LogP contribution is 1.91. The summed E-state index contributed by atoms with van der Waals surface area (Å²) >= 11 is 1.55. The average Bonchev–Trinajstić information content (AvgIpc) is 1.86. The van der Waals surface area contributed by atoms with Gasteiger partial charge in [-0.1, -0.05) is 12.1 Å². The maximum absolute atomic E-state index is 6.89. The van der Waals surface area contributed by atoms with Gasteiger partial charge in [-0.05, 0) is 10.8 Å². The quantitative estimate of drug-likeness (QED) is 0.450. The molecule has 1 rings (SSSR count). The van der Waals surface area contributed by atoms with E-state index in [9.17, 15) is 0 Å². The minimum Gasteiger partial charge on any atom is -0.152 e. The van der Waals surface area contributed by atoms with Crippen LogP contribution in [0.2, 0.25) is 0 Å². The molecule has 0 N–H and O–H groups in total. The summed E-state index contributed by atoms with van der Waals surface area (Å²) in [4.78, 5) is 0. The first kappa shape index (κ1) is 1.98.